The van der Waals surface area contributed by atoms with E-state index in [1.54, 1.807) is 6.92 Å². The molecule has 0 radical (unpaired) electrons. The molecule has 1 amide bonds. The predicted molar refractivity (Wildman–Crippen MR) is 95.4 cm³/mol. The van der Waals surface area contributed by atoms with Gasteiger partial charge in [0, 0.05) is 5.56 Å². The third-order valence-corrected chi connectivity index (χ3v) is 4.68. The van der Waals surface area contributed by atoms with E-state index < -0.39 is 41.2 Å². The average molecular weight is 417 g/mol. The number of nitrogens with zero attached hydrogens (tertiary/aromatic N) is 1. The van der Waals surface area contributed by atoms with Crippen molar-refractivity contribution in [1.29, 1.82) is 0 Å². The molecule has 160 valence electrons. The minimum atomic E-state index is -4.73. The SMILES string of the molecule is CCOC(=O)N1c2ccc(C(F)(F)F)cc2C(C(=O)OCC)(C(=O)OCC)C1C. The molecule has 1 unspecified atom stereocenters. The summed E-state index contributed by atoms with van der Waals surface area (Å²) < 4.78 is 55.1. The first-order valence-corrected chi connectivity index (χ1v) is 9.09. The first-order valence-electron chi connectivity index (χ1n) is 9.09. The van der Waals surface area contributed by atoms with Crippen LogP contribution in [-0.4, -0.2) is 43.9 Å². The summed E-state index contributed by atoms with van der Waals surface area (Å²) in [7, 11) is 0. The van der Waals surface area contributed by atoms with E-state index in [0.717, 1.165) is 17.0 Å². The van der Waals surface area contributed by atoms with Crippen LogP contribution in [0.2, 0.25) is 0 Å². The number of benzene rings is 1. The molecule has 1 aromatic rings. The van der Waals surface area contributed by atoms with Gasteiger partial charge in [0.05, 0.1) is 37.1 Å². The molecule has 1 aromatic carbocycles. The average Bonchev–Trinajstić information content (AvgIpc) is 2.90. The van der Waals surface area contributed by atoms with E-state index in [9.17, 15) is 27.6 Å². The zero-order chi connectivity index (χ0) is 22.0. The Morgan fingerprint density at radius 2 is 1.52 bits per heavy atom. The maximum absolute atomic E-state index is 13.3. The maximum atomic E-state index is 13.3. The number of ether oxygens (including phenoxy) is 3. The van der Waals surface area contributed by atoms with Gasteiger partial charge in [0.2, 0.25) is 5.41 Å². The van der Waals surface area contributed by atoms with E-state index in [1.165, 1.54) is 20.8 Å². The molecule has 0 fully saturated rings. The van der Waals surface area contributed by atoms with Crippen LogP contribution < -0.4 is 4.90 Å². The third kappa shape index (κ3) is 3.63. The molecule has 0 spiro atoms. The van der Waals surface area contributed by atoms with E-state index in [-0.39, 0.29) is 31.1 Å². The van der Waals surface area contributed by atoms with Crippen LogP contribution in [-0.2, 0) is 35.4 Å². The van der Waals surface area contributed by atoms with Crippen molar-refractivity contribution in [2.45, 2.75) is 45.3 Å². The number of hydrogen-bond donors (Lipinski definition) is 0. The molecule has 0 bridgehead atoms. The zero-order valence-electron chi connectivity index (χ0n) is 16.5. The van der Waals surface area contributed by atoms with Gasteiger partial charge < -0.3 is 14.2 Å². The molecule has 0 aromatic heterocycles. The molecular formula is C19H22F3NO6. The highest BCUT2D eigenvalue weighted by atomic mass is 19.4. The second-order valence-corrected chi connectivity index (χ2v) is 6.22. The summed E-state index contributed by atoms with van der Waals surface area (Å²) in [5.74, 6) is -2.20. The van der Waals surface area contributed by atoms with Crippen LogP contribution in [0.4, 0.5) is 23.7 Å². The Balaban J connectivity index is 2.83. The fourth-order valence-corrected chi connectivity index (χ4v) is 3.45. The zero-order valence-corrected chi connectivity index (χ0v) is 16.5. The van der Waals surface area contributed by atoms with Gasteiger partial charge in [0.1, 0.15) is 0 Å². The van der Waals surface area contributed by atoms with Crippen LogP contribution in [0.15, 0.2) is 18.2 Å². The quantitative estimate of drug-likeness (QED) is 0.415. The minimum Gasteiger partial charge on any atom is -0.465 e. The second-order valence-electron chi connectivity index (χ2n) is 6.22. The molecule has 1 aliphatic rings. The Hall–Kier alpha value is -2.78. The van der Waals surface area contributed by atoms with Gasteiger partial charge in [-0.05, 0) is 45.9 Å². The van der Waals surface area contributed by atoms with Gasteiger partial charge in [0.25, 0.3) is 0 Å². The van der Waals surface area contributed by atoms with Crippen molar-refractivity contribution in [3.05, 3.63) is 29.3 Å². The van der Waals surface area contributed by atoms with Gasteiger partial charge in [-0.15, -0.1) is 0 Å². The van der Waals surface area contributed by atoms with Crippen LogP contribution in [0, 0.1) is 0 Å². The number of alkyl halides is 3. The highest BCUT2D eigenvalue weighted by Crippen LogP contribution is 2.49. The van der Waals surface area contributed by atoms with Crippen LogP contribution in [0.25, 0.3) is 0 Å². The molecule has 0 N–H and O–H groups in total. The number of halogens is 3. The largest absolute Gasteiger partial charge is 0.465 e. The molecule has 7 nitrogen and oxygen atoms in total. The molecule has 1 aliphatic heterocycles. The van der Waals surface area contributed by atoms with Gasteiger partial charge in [-0.3, -0.25) is 14.5 Å². The van der Waals surface area contributed by atoms with Crippen molar-refractivity contribution in [3.8, 4) is 0 Å². The third-order valence-electron chi connectivity index (χ3n) is 4.68. The summed E-state index contributed by atoms with van der Waals surface area (Å²) >= 11 is 0. The smallest absolute Gasteiger partial charge is 0.416 e. The van der Waals surface area contributed by atoms with Crippen LogP contribution >= 0.6 is 0 Å². The summed E-state index contributed by atoms with van der Waals surface area (Å²) in [5, 5.41) is 0. The van der Waals surface area contributed by atoms with Crippen molar-refractivity contribution >= 4 is 23.7 Å². The lowest BCUT2D eigenvalue weighted by atomic mass is 9.76. The van der Waals surface area contributed by atoms with E-state index in [2.05, 4.69) is 0 Å². The molecule has 2 rings (SSSR count). The Morgan fingerprint density at radius 3 is 1.97 bits per heavy atom. The Morgan fingerprint density at radius 1 is 1.00 bits per heavy atom. The number of hydrogen-bond acceptors (Lipinski definition) is 6. The second kappa shape index (κ2) is 8.30. The monoisotopic (exact) mass is 417 g/mol. The van der Waals surface area contributed by atoms with Crippen LogP contribution in [0.3, 0.4) is 0 Å². The predicted octanol–water partition coefficient (Wildman–Crippen LogP) is 3.43. The van der Waals surface area contributed by atoms with E-state index in [1.807, 2.05) is 0 Å². The number of esters is 2. The topological polar surface area (TPSA) is 82.1 Å². The number of rotatable bonds is 5. The molecule has 0 saturated heterocycles. The van der Waals surface area contributed by atoms with Gasteiger partial charge in [0.15, 0.2) is 0 Å². The molecule has 1 atom stereocenters. The number of anilines is 1. The normalized spacial score (nSPS) is 17.5. The molecular weight excluding hydrogens is 395 g/mol. The first-order chi connectivity index (χ1) is 13.6. The maximum Gasteiger partial charge on any atom is 0.416 e. The standard InChI is InChI=1S/C19H22F3NO6/c1-5-27-15(24)18(16(25)28-6-2)11(4)23(17(26)29-7-3)14-9-8-12(10-13(14)18)19(20,21)22/h8-11H,5-7H2,1-4H3. The van der Waals surface area contributed by atoms with Crippen molar-refractivity contribution in [3.63, 3.8) is 0 Å². The lowest BCUT2D eigenvalue weighted by Crippen LogP contribution is -2.56. The molecule has 0 saturated carbocycles. The van der Waals surface area contributed by atoms with Gasteiger partial charge in [-0.2, -0.15) is 13.2 Å². The van der Waals surface area contributed by atoms with Crippen LogP contribution in [0.1, 0.15) is 38.8 Å². The highest BCUT2D eigenvalue weighted by molar-refractivity contribution is 6.13. The summed E-state index contributed by atoms with van der Waals surface area (Å²) in [6, 6.07) is 1.24. The number of carbonyl (C=O) groups excluding carboxylic acids is 3. The van der Waals surface area contributed by atoms with E-state index >= 15 is 0 Å². The fraction of sp³-hybridized carbons (Fsp3) is 0.526. The lowest BCUT2D eigenvalue weighted by Gasteiger charge is -2.31. The van der Waals surface area contributed by atoms with Gasteiger partial charge >= 0.3 is 24.2 Å². The highest BCUT2D eigenvalue weighted by Gasteiger charge is 2.64. The van der Waals surface area contributed by atoms with Crippen molar-refractivity contribution < 1.29 is 41.8 Å². The molecule has 1 heterocycles. The lowest BCUT2D eigenvalue weighted by molar-refractivity contribution is -0.165. The van der Waals surface area contributed by atoms with Crippen molar-refractivity contribution in [2.75, 3.05) is 24.7 Å². The first kappa shape index (κ1) is 22.5. The van der Waals surface area contributed by atoms with Gasteiger partial charge in [-0.1, -0.05) is 0 Å². The minimum absolute atomic E-state index is 0.0101. The van der Waals surface area contributed by atoms with Crippen molar-refractivity contribution in [2.24, 2.45) is 0 Å². The number of fused-ring (bicyclic) bond motifs is 1. The number of amides is 1. The van der Waals surface area contributed by atoms with E-state index in [0.29, 0.717) is 6.07 Å². The van der Waals surface area contributed by atoms with Crippen molar-refractivity contribution in [1.82, 2.24) is 0 Å². The summed E-state index contributed by atoms with van der Waals surface area (Å²) in [4.78, 5) is 39.4. The summed E-state index contributed by atoms with van der Waals surface area (Å²) in [6.07, 6.45) is -5.64. The van der Waals surface area contributed by atoms with Gasteiger partial charge in [-0.25, -0.2) is 4.79 Å². The molecule has 29 heavy (non-hydrogen) atoms. The number of carbonyl (C=O) groups is 3. The summed E-state index contributed by atoms with van der Waals surface area (Å²) in [6.45, 7) is 5.64. The molecule has 0 aliphatic carbocycles. The Labute approximate surface area is 165 Å². The van der Waals surface area contributed by atoms with Crippen LogP contribution in [0.5, 0.6) is 0 Å². The Bertz CT molecular complexity index is 790. The molecule has 10 heteroatoms. The summed E-state index contributed by atoms with van der Waals surface area (Å²) in [5.41, 5.74) is -3.72. The van der Waals surface area contributed by atoms with E-state index in [4.69, 9.17) is 14.2 Å². The Kier molecular flexibility index (Phi) is 6.44. The fourth-order valence-electron chi connectivity index (χ4n) is 3.45.